The van der Waals surface area contributed by atoms with Crippen LogP contribution < -0.4 is 16.7 Å². The maximum absolute atomic E-state index is 11.1. The second-order valence-corrected chi connectivity index (χ2v) is 3.60. The first-order valence-corrected chi connectivity index (χ1v) is 5.13. The van der Waals surface area contributed by atoms with Crippen LogP contribution in [0.5, 0.6) is 0 Å². The van der Waals surface area contributed by atoms with Gasteiger partial charge in [0.1, 0.15) is 0 Å². The van der Waals surface area contributed by atoms with Gasteiger partial charge in [-0.1, -0.05) is 0 Å². The molecule has 0 spiro atoms. The number of anilines is 2. The fourth-order valence-electron chi connectivity index (χ4n) is 1.38. The van der Waals surface area contributed by atoms with E-state index in [1.54, 1.807) is 24.3 Å². The molecule has 0 amide bonds. The summed E-state index contributed by atoms with van der Waals surface area (Å²) in [6.45, 7) is 1.47. The molecule has 0 unspecified atom stereocenters. The Balaban J connectivity index is 2.26. The Morgan fingerprint density at radius 2 is 1.83 bits per heavy atom. The molecule has 0 aliphatic heterocycles. The molecule has 7 nitrogen and oxygen atoms in total. The van der Waals surface area contributed by atoms with Gasteiger partial charge >= 0.3 is 11.4 Å². The highest BCUT2D eigenvalue weighted by Crippen LogP contribution is 2.12. The quantitative estimate of drug-likeness (QED) is 0.679. The van der Waals surface area contributed by atoms with Crippen LogP contribution in [-0.2, 0) is 0 Å². The summed E-state index contributed by atoms with van der Waals surface area (Å²) in [4.78, 5) is 40.9. The zero-order chi connectivity index (χ0) is 13.1. The predicted molar refractivity (Wildman–Crippen MR) is 65.2 cm³/mol. The van der Waals surface area contributed by atoms with E-state index in [0.717, 1.165) is 0 Å². The van der Waals surface area contributed by atoms with Crippen LogP contribution in [0.4, 0.5) is 11.6 Å². The lowest BCUT2D eigenvalue weighted by molar-refractivity contribution is 0.101. The van der Waals surface area contributed by atoms with Crippen LogP contribution in [0.25, 0.3) is 0 Å². The number of ketones is 1. The fraction of sp³-hybridized carbons (Fsp3) is 0.0909. The van der Waals surface area contributed by atoms with E-state index >= 15 is 0 Å². The number of hydrogen-bond acceptors (Lipinski definition) is 5. The number of nitrogens with one attached hydrogen (secondary N) is 3. The third kappa shape index (κ3) is 2.70. The highest BCUT2D eigenvalue weighted by Gasteiger charge is 2.01. The second-order valence-electron chi connectivity index (χ2n) is 3.60. The number of H-pyrrole nitrogens is 2. The Morgan fingerprint density at radius 1 is 1.17 bits per heavy atom. The van der Waals surface area contributed by atoms with Crippen LogP contribution in [0.2, 0.25) is 0 Å². The third-order valence-electron chi connectivity index (χ3n) is 2.22. The van der Waals surface area contributed by atoms with Gasteiger partial charge in [-0.25, -0.2) is 9.59 Å². The first kappa shape index (κ1) is 11.8. The Hall–Kier alpha value is -2.70. The van der Waals surface area contributed by atoms with Crippen molar-refractivity contribution < 1.29 is 4.79 Å². The molecule has 0 saturated heterocycles. The number of aromatic nitrogens is 3. The van der Waals surface area contributed by atoms with Gasteiger partial charge in [0.05, 0.1) is 0 Å². The largest absolute Gasteiger partial charge is 0.352 e. The number of hydrogen-bond donors (Lipinski definition) is 3. The third-order valence-corrected chi connectivity index (χ3v) is 2.22. The van der Waals surface area contributed by atoms with Crippen LogP contribution in [0.3, 0.4) is 0 Å². The molecule has 1 aromatic heterocycles. The van der Waals surface area contributed by atoms with Crippen molar-refractivity contribution in [3.63, 3.8) is 0 Å². The van der Waals surface area contributed by atoms with E-state index < -0.39 is 11.4 Å². The molecular formula is C11H10N4O3. The Bertz CT molecular complexity index is 656. The molecule has 2 rings (SSSR count). The van der Waals surface area contributed by atoms with Crippen LogP contribution in [0.15, 0.2) is 33.9 Å². The monoisotopic (exact) mass is 246 g/mol. The second kappa shape index (κ2) is 4.66. The standard InChI is InChI=1S/C11H10N4O3/c1-6(16)7-2-4-8(5-3-7)12-9-13-10(17)15-11(18)14-9/h2-5H,1H3,(H3,12,13,14,15,17,18). The molecule has 0 aliphatic carbocycles. The van der Waals surface area contributed by atoms with Crippen LogP contribution in [-0.4, -0.2) is 20.7 Å². The van der Waals surface area contributed by atoms with Gasteiger partial charge in [0.2, 0.25) is 5.95 Å². The Labute approximate surface area is 101 Å². The van der Waals surface area contributed by atoms with E-state index in [4.69, 9.17) is 0 Å². The minimum absolute atomic E-state index is 0.0377. The van der Waals surface area contributed by atoms with E-state index in [9.17, 15) is 14.4 Å². The summed E-state index contributed by atoms with van der Waals surface area (Å²) in [7, 11) is 0. The van der Waals surface area contributed by atoms with Gasteiger partial charge in [-0.3, -0.25) is 14.8 Å². The topological polar surface area (TPSA) is 108 Å². The molecule has 0 fully saturated rings. The first-order chi connectivity index (χ1) is 8.54. The Morgan fingerprint density at radius 3 is 2.39 bits per heavy atom. The highest BCUT2D eigenvalue weighted by atomic mass is 16.2. The average molecular weight is 246 g/mol. The van der Waals surface area contributed by atoms with Crippen molar-refractivity contribution in [2.45, 2.75) is 6.92 Å². The normalized spacial score (nSPS) is 10.1. The van der Waals surface area contributed by atoms with Crippen molar-refractivity contribution in [2.24, 2.45) is 0 Å². The lowest BCUT2D eigenvalue weighted by Crippen LogP contribution is -2.25. The molecule has 0 atom stereocenters. The molecule has 0 saturated carbocycles. The average Bonchev–Trinajstić information content (AvgIpc) is 2.28. The minimum Gasteiger partial charge on any atom is -0.326 e. The predicted octanol–water partition coefficient (Wildman–Crippen LogP) is 0.404. The molecular weight excluding hydrogens is 236 g/mol. The van der Waals surface area contributed by atoms with Crippen molar-refractivity contribution in [1.82, 2.24) is 15.0 Å². The zero-order valence-electron chi connectivity index (χ0n) is 9.48. The van der Waals surface area contributed by atoms with Crippen LogP contribution in [0.1, 0.15) is 17.3 Å². The van der Waals surface area contributed by atoms with Gasteiger partial charge in [0.15, 0.2) is 5.78 Å². The number of aromatic amines is 2. The van der Waals surface area contributed by atoms with Crippen molar-refractivity contribution in [3.8, 4) is 0 Å². The number of carbonyl (C=O) groups excluding carboxylic acids is 1. The molecule has 92 valence electrons. The van der Waals surface area contributed by atoms with Gasteiger partial charge in [-0.2, -0.15) is 4.98 Å². The maximum Gasteiger partial charge on any atom is 0.352 e. The smallest absolute Gasteiger partial charge is 0.326 e. The van der Waals surface area contributed by atoms with Gasteiger partial charge in [0, 0.05) is 11.3 Å². The van der Waals surface area contributed by atoms with Crippen LogP contribution >= 0.6 is 0 Å². The molecule has 0 radical (unpaired) electrons. The summed E-state index contributed by atoms with van der Waals surface area (Å²) in [5.41, 5.74) is -0.193. The first-order valence-electron chi connectivity index (χ1n) is 5.13. The van der Waals surface area contributed by atoms with Gasteiger partial charge in [-0.05, 0) is 31.2 Å². The number of benzene rings is 1. The summed E-state index contributed by atoms with van der Waals surface area (Å²) >= 11 is 0. The summed E-state index contributed by atoms with van der Waals surface area (Å²) in [5.74, 6) is 0.00330. The molecule has 1 aromatic carbocycles. The van der Waals surface area contributed by atoms with E-state index in [0.29, 0.717) is 11.3 Å². The van der Waals surface area contributed by atoms with E-state index in [2.05, 4.69) is 15.3 Å². The Kier molecular flexibility index (Phi) is 3.05. The van der Waals surface area contributed by atoms with Gasteiger partial charge in [0.25, 0.3) is 0 Å². The highest BCUT2D eigenvalue weighted by molar-refractivity contribution is 5.94. The van der Waals surface area contributed by atoms with Crippen molar-refractivity contribution in [1.29, 1.82) is 0 Å². The number of nitrogens with zero attached hydrogens (tertiary/aromatic N) is 1. The van der Waals surface area contributed by atoms with Crippen molar-refractivity contribution >= 4 is 17.4 Å². The maximum atomic E-state index is 11.1. The van der Waals surface area contributed by atoms with E-state index in [-0.39, 0.29) is 11.7 Å². The van der Waals surface area contributed by atoms with Gasteiger partial charge < -0.3 is 5.32 Å². The fourth-order valence-corrected chi connectivity index (χ4v) is 1.38. The van der Waals surface area contributed by atoms with Gasteiger partial charge in [-0.15, -0.1) is 0 Å². The number of rotatable bonds is 3. The number of Topliss-reactive ketones (excluding diaryl/α,β-unsaturated/α-hetero) is 1. The molecule has 7 heteroatoms. The SMILES string of the molecule is CC(=O)c1ccc(Nc2nc(=O)[nH]c(=O)[nH]2)cc1. The molecule has 1 heterocycles. The lowest BCUT2D eigenvalue weighted by atomic mass is 10.1. The summed E-state index contributed by atoms with van der Waals surface area (Å²) in [6, 6.07) is 6.57. The summed E-state index contributed by atoms with van der Waals surface area (Å²) in [5, 5.41) is 2.75. The zero-order valence-corrected chi connectivity index (χ0v) is 9.48. The number of carbonyl (C=O) groups is 1. The molecule has 0 bridgehead atoms. The lowest BCUT2D eigenvalue weighted by Gasteiger charge is -2.04. The summed E-state index contributed by atoms with van der Waals surface area (Å²) in [6.07, 6.45) is 0. The van der Waals surface area contributed by atoms with Crippen molar-refractivity contribution in [3.05, 3.63) is 50.8 Å². The molecule has 3 N–H and O–H groups in total. The molecule has 0 aliphatic rings. The molecule has 2 aromatic rings. The van der Waals surface area contributed by atoms with E-state index in [1.807, 2.05) is 4.98 Å². The van der Waals surface area contributed by atoms with E-state index in [1.165, 1.54) is 6.92 Å². The summed E-state index contributed by atoms with van der Waals surface area (Å²) < 4.78 is 0. The van der Waals surface area contributed by atoms with Crippen molar-refractivity contribution in [2.75, 3.05) is 5.32 Å². The minimum atomic E-state index is -0.735. The van der Waals surface area contributed by atoms with Crippen LogP contribution in [0, 0.1) is 0 Å². The molecule has 18 heavy (non-hydrogen) atoms.